The molecule has 0 saturated heterocycles. The quantitative estimate of drug-likeness (QED) is 0.466. The van der Waals surface area contributed by atoms with Gasteiger partial charge in [0.25, 0.3) is 0 Å². The molecule has 2 aromatic carbocycles. The van der Waals surface area contributed by atoms with Crippen LogP contribution in [-0.4, -0.2) is 37.4 Å². The lowest BCUT2D eigenvalue weighted by Crippen LogP contribution is -2.31. The summed E-state index contributed by atoms with van der Waals surface area (Å²) in [5.41, 5.74) is 2.84. The third-order valence-corrected chi connectivity index (χ3v) is 7.20. The van der Waals surface area contributed by atoms with Crippen molar-refractivity contribution in [1.29, 1.82) is 0 Å². The summed E-state index contributed by atoms with van der Waals surface area (Å²) in [6.07, 6.45) is 0. The van der Waals surface area contributed by atoms with Crippen molar-refractivity contribution in [3.8, 4) is 5.75 Å². The lowest BCUT2D eigenvalue weighted by atomic mass is 10.1. The van der Waals surface area contributed by atoms with Gasteiger partial charge in [0.2, 0.25) is 10.0 Å². The number of aromatic amines is 1. The van der Waals surface area contributed by atoms with Crippen molar-refractivity contribution in [3.05, 3.63) is 82.4 Å². The number of H-pyrrole nitrogens is 1. The number of aryl methyl sites for hydroxylation is 1. The van der Waals surface area contributed by atoms with Crippen LogP contribution >= 0.6 is 0 Å². The number of carbonyl (C=O) groups excluding carboxylic acids is 1. The van der Waals surface area contributed by atoms with Crippen molar-refractivity contribution in [2.24, 2.45) is 0 Å². The van der Waals surface area contributed by atoms with Crippen LogP contribution in [0.5, 0.6) is 5.75 Å². The SMILES string of the molecule is CCOC(=O)c1[nH]c(C)c(CN(Cc2ccc(OC)cc2)S(=O)(=O)c2ccccc2F)c1C. The Bertz CT molecular complexity index is 1240. The third-order valence-electron chi connectivity index (χ3n) is 5.38. The summed E-state index contributed by atoms with van der Waals surface area (Å²) in [5.74, 6) is -0.700. The fourth-order valence-electron chi connectivity index (χ4n) is 3.56. The van der Waals surface area contributed by atoms with Crippen LogP contribution in [0.25, 0.3) is 0 Å². The van der Waals surface area contributed by atoms with E-state index in [2.05, 4.69) is 4.98 Å². The molecule has 0 aliphatic carbocycles. The van der Waals surface area contributed by atoms with Crippen LogP contribution in [-0.2, 0) is 27.8 Å². The number of benzene rings is 2. The minimum Gasteiger partial charge on any atom is -0.497 e. The van der Waals surface area contributed by atoms with Crippen molar-refractivity contribution in [1.82, 2.24) is 9.29 Å². The summed E-state index contributed by atoms with van der Waals surface area (Å²) in [5, 5.41) is 0. The van der Waals surface area contributed by atoms with Crippen LogP contribution in [0.4, 0.5) is 4.39 Å². The maximum atomic E-state index is 14.5. The van der Waals surface area contributed by atoms with Crippen LogP contribution < -0.4 is 4.74 Å². The second kappa shape index (κ2) is 10.2. The average molecular weight is 475 g/mol. The topological polar surface area (TPSA) is 88.7 Å². The largest absolute Gasteiger partial charge is 0.497 e. The molecule has 0 fully saturated rings. The number of hydrogen-bond donors (Lipinski definition) is 1. The molecule has 1 aromatic heterocycles. The number of nitrogens with zero attached hydrogens (tertiary/aromatic N) is 1. The summed E-state index contributed by atoms with van der Waals surface area (Å²) >= 11 is 0. The van der Waals surface area contributed by atoms with Gasteiger partial charge in [-0.2, -0.15) is 4.31 Å². The molecule has 3 aromatic rings. The molecule has 0 saturated carbocycles. The molecule has 33 heavy (non-hydrogen) atoms. The zero-order chi connectivity index (χ0) is 24.2. The van der Waals surface area contributed by atoms with Gasteiger partial charge in [0.1, 0.15) is 22.2 Å². The Hall–Kier alpha value is -3.17. The van der Waals surface area contributed by atoms with Crippen molar-refractivity contribution in [3.63, 3.8) is 0 Å². The molecule has 1 heterocycles. The molecule has 1 N–H and O–H groups in total. The highest BCUT2D eigenvalue weighted by molar-refractivity contribution is 7.89. The Morgan fingerprint density at radius 1 is 1.06 bits per heavy atom. The standard InChI is InChI=1S/C24H27FN2O5S/c1-5-32-24(28)23-16(2)20(17(3)26-23)15-27(14-18-10-12-19(31-4)13-11-18)33(29,30)22-9-7-6-8-21(22)25/h6-13,26H,5,14-15H2,1-4H3. The van der Waals surface area contributed by atoms with Crippen molar-refractivity contribution < 1.29 is 27.1 Å². The van der Waals surface area contributed by atoms with E-state index in [0.29, 0.717) is 28.1 Å². The first kappa shape index (κ1) is 24.5. The molecule has 176 valence electrons. The summed E-state index contributed by atoms with van der Waals surface area (Å²) in [6.45, 7) is 5.35. The third kappa shape index (κ3) is 5.26. The normalized spacial score (nSPS) is 11.6. The van der Waals surface area contributed by atoms with Crippen LogP contribution in [0.1, 0.15) is 39.8 Å². The number of halogens is 1. The number of methoxy groups -OCH3 is 1. The fourth-order valence-corrected chi connectivity index (χ4v) is 5.02. The summed E-state index contributed by atoms with van der Waals surface area (Å²) in [6, 6.07) is 12.2. The lowest BCUT2D eigenvalue weighted by molar-refractivity contribution is 0.0519. The number of carbonyl (C=O) groups is 1. The van der Waals surface area contributed by atoms with E-state index in [0.717, 1.165) is 6.07 Å². The van der Waals surface area contributed by atoms with E-state index in [1.807, 2.05) is 0 Å². The number of nitrogens with one attached hydrogen (secondary N) is 1. The molecule has 0 atom stereocenters. The molecule has 0 unspecified atom stereocenters. The van der Waals surface area contributed by atoms with Gasteiger partial charge in [-0.1, -0.05) is 24.3 Å². The molecule has 0 amide bonds. The van der Waals surface area contributed by atoms with E-state index in [9.17, 15) is 17.6 Å². The Kier molecular flexibility index (Phi) is 7.55. The Balaban J connectivity index is 2.04. The highest BCUT2D eigenvalue weighted by Crippen LogP contribution is 2.27. The van der Waals surface area contributed by atoms with Crippen LogP contribution in [0, 0.1) is 19.7 Å². The van der Waals surface area contributed by atoms with Gasteiger partial charge in [-0.25, -0.2) is 17.6 Å². The van der Waals surface area contributed by atoms with Crippen LogP contribution in [0.3, 0.4) is 0 Å². The summed E-state index contributed by atoms with van der Waals surface area (Å²) < 4.78 is 53.0. The van der Waals surface area contributed by atoms with E-state index in [-0.39, 0.29) is 25.4 Å². The Morgan fingerprint density at radius 2 is 1.73 bits per heavy atom. The van der Waals surface area contributed by atoms with Crippen molar-refractivity contribution in [2.75, 3.05) is 13.7 Å². The average Bonchev–Trinajstić information content (AvgIpc) is 3.07. The van der Waals surface area contributed by atoms with E-state index < -0.39 is 26.7 Å². The van der Waals surface area contributed by atoms with E-state index >= 15 is 0 Å². The van der Waals surface area contributed by atoms with E-state index in [1.165, 1.54) is 22.5 Å². The van der Waals surface area contributed by atoms with Crippen LogP contribution in [0.2, 0.25) is 0 Å². The van der Waals surface area contributed by atoms with Crippen LogP contribution in [0.15, 0.2) is 53.4 Å². The maximum Gasteiger partial charge on any atom is 0.355 e. The second-order valence-electron chi connectivity index (χ2n) is 7.50. The first-order valence-corrected chi connectivity index (χ1v) is 11.9. The highest BCUT2D eigenvalue weighted by atomic mass is 32.2. The van der Waals surface area contributed by atoms with E-state index in [1.54, 1.807) is 52.1 Å². The zero-order valence-corrected chi connectivity index (χ0v) is 19.8. The zero-order valence-electron chi connectivity index (χ0n) is 19.0. The monoisotopic (exact) mass is 474 g/mol. The second-order valence-corrected chi connectivity index (χ2v) is 9.41. The fraction of sp³-hybridized carbons (Fsp3) is 0.292. The molecule has 3 rings (SSSR count). The predicted molar refractivity (Wildman–Crippen MR) is 122 cm³/mol. The maximum absolute atomic E-state index is 14.5. The summed E-state index contributed by atoms with van der Waals surface area (Å²) in [4.78, 5) is 14.9. The van der Waals surface area contributed by atoms with Gasteiger partial charge in [0.15, 0.2) is 0 Å². The van der Waals surface area contributed by atoms with Gasteiger partial charge in [-0.15, -0.1) is 0 Å². The van der Waals surface area contributed by atoms with Crippen molar-refractivity contribution in [2.45, 2.75) is 38.8 Å². The number of sulfonamides is 1. The molecule has 0 radical (unpaired) electrons. The van der Waals surface area contributed by atoms with E-state index in [4.69, 9.17) is 9.47 Å². The molecule has 9 heteroatoms. The van der Waals surface area contributed by atoms with Gasteiger partial charge < -0.3 is 14.5 Å². The molecule has 0 aliphatic rings. The molecular weight excluding hydrogens is 447 g/mol. The van der Waals surface area contributed by atoms with Gasteiger partial charge in [-0.05, 0) is 61.7 Å². The summed E-state index contributed by atoms with van der Waals surface area (Å²) in [7, 11) is -2.66. The number of hydrogen-bond acceptors (Lipinski definition) is 5. The minimum absolute atomic E-state index is 0.000534. The highest BCUT2D eigenvalue weighted by Gasteiger charge is 2.30. The number of ether oxygens (including phenoxy) is 2. The first-order valence-electron chi connectivity index (χ1n) is 10.4. The number of esters is 1. The van der Waals surface area contributed by atoms with Gasteiger partial charge in [0.05, 0.1) is 13.7 Å². The molecule has 0 spiro atoms. The molecule has 0 aliphatic heterocycles. The minimum atomic E-state index is -4.20. The molecule has 7 nitrogen and oxygen atoms in total. The van der Waals surface area contributed by atoms with Crippen molar-refractivity contribution >= 4 is 16.0 Å². The smallest absolute Gasteiger partial charge is 0.355 e. The Morgan fingerprint density at radius 3 is 2.33 bits per heavy atom. The number of aromatic nitrogens is 1. The first-order chi connectivity index (χ1) is 15.7. The van der Waals surface area contributed by atoms with Gasteiger partial charge >= 0.3 is 5.97 Å². The van der Waals surface area contributed by atoms with Gasteiger partial charge in [-0.3, -0.25) is 0 Å². The lowest BCUT2D eigenvalue weighted by Gasteiger charge is -2.23. The molecular formula is C24H27FN2O5S. The van der Waals surface area contributed by atoms with Gasteiger partial charge in [0, 0.05) is 18.8 Å². The predicted octanol–water partition coefficient (Wildman–Crippen LogP) is 4.35. The Labute approximate surface area is 193 Å². The number of rotatable bonds is 9. The molecule has 0 bridgehead atoms.